The molecule has 1 unspecified atom stereocenters. The Bertz CT molecular complexity index is 238. The van der Waals surface area contributed by atoms with Gasteiger partial charge in [0.2, 0.25) is 0 Å². The van der Waals surface area contributed by atoms with Gasteiger partial charge in [0.25, 0.3) is 0 Å². The quantitative estimate of drug-likeness (QED) is 0.787. The summed E-state index contributed by atoms with van der Waals surface area (Å²) in [6.45, 7) is 11.1. The molecule has 0 aliphatic carbocycles. The summed E-state index contributed by atoms with van der Waals surface area (Å²) in [6, 6.07) is 0.689. The van der Waals surface area contributed by atoms with E-state index < -0.39 is 0 Å². The molecular weight excluding hydrogens is 232 g/mol. The van der Waals surface area contributed by atoms with E-state index in [4.69, 9.17) is 11.6 Å². The summed E-state index contributed by atoms with van der Waals surface area (Å²) >= 11 is 5.76. The molecule has 1 rings (SSSR count). The number of piperidine rings is 1. The SMILES string of the molecule is CC(=CCl)CN1CCCCC1CNCC(C)C. The molecule has 0 aromatic heterocycles. The molecule has 1 N–H and O–H groups in total. The lowest BCUT2D eigenvalue weighted by Gasteiger charge is -2.36. The lowest BCUT2D eigenvalue weighted by Crippen LogP contribution is -2.46. The molecule has 0 amide bonds. The molecule has 100 valence electrons. The predicted molar refractivity (Wildman–Crippen MR) is 76.5 cm³/mol. The van der Waals surface area contributed by atoms with Gasteiger partial charge in [-0.2, -0.15) is 0 Å². The van der Waals surface area contributed by atoms with E-state index in [1.807, 2.05) is 0 Å². The molecule has 0 radical (unpaired) electrons. The first-order valence-corrected chi connectivity index (χ1v) is 7.27. The fourth-order valence-electron chi connectivity index (χ4n) is 2.39. The predicted octanol–water partition coefficient (Wildman–Crippen LogP) is 3.23. The fraction of sp³-hybridized carbons (Fsp3) is 0.857. The van der Waals surface area contributed by atoms with Gasteiger partial charge in [-0.3, -0.25) is 4.90 Å². The third-order valence-corrected chi connectivity index (χ3v) is 3.69. The highest BCUT2D eigenvalue weighted by Crippen LogP contribution is 2.18. The van der Waals surface area contributed by atoms with Gasteiger partial charge in [-0.25, -0.2) is 0 Å². The minimum absolute atomic E-state index is 0.689. The van der Waals surface area contributed by atoms with Crippen LogP contribution in [-0.4, -0.2) is 37.1 Å². The van der Waals surface area contributed by atoms with Crippen LogP contribution in [0.5, 0.6) is 0 Å². The summed E-state index contributed by atoms with van der Waals surface area (Å²) in [5.74, 6) is 0.733. The van der Waals surface area contributed by atoms with Gasteiger partial charge in [0, 0.05) is 24.7 Å². The van der Waals surface area contributed by atoms with Crippen LogP contribution in [0.4, 0.5) is 0 Å². The monoisotopic (exact) mass is 258 g/mol. The minimum atomic E-state index is 0.689. The molecule has 0 bridgehead atoms. The van der Waals surface area contributed by atoms with Crippen molar-refractivity contribution in [3.63, 3.8) is 0 Å². The molecule has 1 atom stereocenters. The molecule has 0 aromatic carbocycles. The van der Waals surface area contributed by atoms with Crippen molar-refractivity contribution >= 4 is 11.6 Å². The summed E-state index contributed by atoms with van der Waals surface area (Å²) in [7, 11) is 0. The Morgan fingerprint density at radius 2 is 2.24 bits per heavy atom. The van der Waals surface area contributed by atoms with E-state index in [9.17, 15) is 0 Å². The molecular formula is C14H27ClN2. The van der Waals surface area contributed by atoms with E-state index in [1.165, 1.54) is 31.4 Å². The summed E-state index contributed by atoms with van der Waals surface area (Å²) in [4.78, 5) is 2.57. The summed E-state index contributed by atoms with van der Waals surface area (Å²) in [5, 5.41) is 3.58. The topological polar surface area (TPSA) is 15.3 Å². The summed E-state index contributed by atoms with van der Waals surface area (Å²) in [6.07, 6.45) is 4.02. The molecule has 0 spiro atoms. The van der Waals surface area contributed by atoms with Crippen LogP contribution >= 0.6 is 11.6 Å². The molecule has 1 saturated heterocycles. The Hall–Kier alpha value is -0.0500. The van der Waals surface area contributed by atoms with E-state index in [-0.39, 0.29) is 0 Å². The first-order valence-electron chi connectivity index (χ1n) is 6.84. The van der Waals surface area contributed by atoms with Crippen LogP contribution in [0, 0.1) is 5.92 Å². The van der Waals surface area contributed by atoms with Crippen molar-refractivity contribution in [3.8, 4) is 0 Å². The first kappa shape index (κ1) is 15.0. The first-order chi connectivity index (χ1) is 8.13. The van der Waals surface area contributed by atoms with E-state index >= 15 is 0 Å². The number of likely N-dealkylation sites (tertiary alicyclic amines) is 1. The van der Waals surface area contributed by atoms with Gasteiger partial charge in [-0.15, -0.1) is 0 Å². The highest BCUT2D eigenvalue weighted by Gasteiger charge is 2.21. The molecule has 1 aliphatic rings. The van der Waals surface area contributed by atoms with Crippen molar-refractivity contribution in [1.82, 2.24) is 10.2 Å². The van der Waals surface area contributed by atoms with Crippen LogP contribution in [0.2, 0.25) is 0 Å². The molecule has 3 heteroatoms. The molecule has 2 nitrogen and oxygen atoms in total. The highest BCUT2D eigenvalue weighted by atomic mass is 35.5. The average molecular weight is 259 g/mol. The molecule has 1 aliphatic heterocycles. The molecule has 0 saturated carbocycles. The zero-order valence-electron chi connectivity index (χ0n) is 11.5. The molecule has 1 fully saturated rings. The third kappa shape index (κ3) is 5.89. The lowest BCUT2D eigenvalue weighted by molar-refractivity contribution is 0.157. The van der Waals surface area contributed by atoms with E-state index in [0.717, 1.165) is 25.6 Å². The van der Waals surface area contributed by atoms with E-state index in [1.54, 1.807) is 5.54 Å². The lowest BCUT2D eigenvalue weighted by atomic mass is 10.0. The van der Waals surface area contributed by atoms with Gasteiger partial charge >= 0.3 is 0 Å². The van der Waals surface area contributed by atoms with Crippen molar-refractivity contribution in [3.05, 3.63) is 11.1 Å². The van der Waals surface area contributed by atoms with Crippen molar-refractivity contribution in [2.45, 2.75) is 46.1 Å². The van der Waals surface area contributed by atoms with E-state index in [0.29, 0.717) is 6.04 Å². The number of hydrogen-bond donors (Lipinski definition) is 1. The third-order valence-electron chi connectivity index (χ3n) is 3.32. The van der Waals surface area contributed by atoms with Crippen LogP contribution in [-0.2, 0) is 0 Å². The second-order valence-electron chi connectivity index (χ2n) is 5.63. The normalized spacial score (nSPS) is 23.4. The minimum Gasteiger partial charge on any atom is -0.315 e. The summed E-state index contributed by atoms with van der Waals surface area (Å²) in [5.41, 5.74) is 2.98. The maximum absolute atomic E-state index is 5.76. The van der Waals surface area contributed by atoms with Crippen LogP contribution in [0.1, 0.15) is 40.0 Å². The Kier molecular flexibility index (Phi) is 7.17. The van der Waals surface area contributed by atoms with Gasteiger partial charge < -0.3 is 5.32 Å². The second kappa shape index (κ2) is 8.12. The largest absolute Gasteiger partial charge is 0.315 e. The Morgan fingerprint density at radius 1 is 1.47 bits per heavy atom. The Morgan fingerprint density at radius 3 is 2.88 bits per heavy atom. The van der Waals surface area contributed by atoms with Crippen LogP contribution in [0.3, 0.4) is 0 Å². The Labute approximate surface area is 111 Å². The van der Waals surface area contributed by atoms with Gasteiger partial charge in [0.05, 0.1) is 0 Å². The van der Waals surface area contributed by atoms with Gasteiger partial charge in [-0.05, 0) is 44.3 Å². The smallest absolute Gasteiger partial charge is 0.0224 e. The molecule has 1 heterocycles. The van der Waals surface area contributed by atoms with Gasteiger partial charge in [-0.1, -0.05) is 31.9 Å². The maximum atomic E-state index is 5.76. The van der Waals surface area contributed by atoms with Crippen LogP contribution in [0.15, 0.2) is 11.1 Å². The second-order valence-corrected chi connectivity index (χ2v) is 5.85. The van der Waals surface area contributed by atoms with Crippen molar-refractivity contribution in [2.75, 3.05) is 26.2 Å². The average Bonchev–Trinajstić information content (AvgIpc) is 2.30. The van der Waals surface area contributed by atoms with Crippen molar-refractivity contribution in [1.29, 1.82) is 0 Å². The fourth-order valence-corrected chi connectivity index (χ4v) is 2.46. The highest BCUT2D eigenvalue weighted by molar-refractivity contribution is 6.25. The van der Waals surface area contributed by atoms with E-state index in [2.05, 4.69) is 31.0 Å². The number of rotatable bonds is 6. The van der Waals surface area contributed by atoms with Gasteiger partial charge in [0.15, 0.2) is 0 Å². The Balaban J connectivity index is 2.37. The number of hydrogen-bond acceptors (Lipinski definition) is 2. The van der Waals surface area contributed by atoms with Gasteiger partial charge in [0.1, 0.15) is 0 Å². The maximum Gasteiger partial charge on any atom is 0.0224 e. The number of nitrogens with one attached hydrogen (secondary N) is 1. The van der Waals surface area contributed by atoms with Crippen molar-refractivity contribution < 1.29 is 0 Å². The molecule has 17 heavy (non-hydrogen) atoms. The number of nitrogens with zero attached hydrogens (tertiary/aromatic N) is 1. The van der Waals surface area contributed by atoms with Crippen molar-refractivity contribution in [2.24, 2.45) is 5.92 Å². The number of halogens is 1. The molecule has 0 aromatic rings. The van der Waals surface area contributed by atoms with Crippen LogP contribution in [0.25, 0.3) is 0 Å². The zero-order chi connectivity index (χ0) is 12.7. The zero-order valence-corrected chi connectivity index (χ0v) is 12.3. The van der Waals surface area contributed by atoms with Crippen LogP contribution < -0.4 is 5.32 Å². The standard InChI is InChI=1S/C14H27ClN2/c1-12(2)9-16-10-14-6-4-5-7-17(14)11-13(3)8-15/h8,12,14,16H,4-7,9-11H2,1-3H3. The summed E-state index contributed by atoms with van der Waals surface area (Å²) < 4.78 is 0.